The molecule has 3 heterocycles. The highest BCUT2D eigenvalue weighted by Gasteiger charge is 2.39. The molecule has 10 heteroatoms. The molecule has 0 unspecified atom stereocenters. The number of fused-ring (bicyclic) bond motifs is 1. The number of methoxy groups -OCH3 is 1. The third-order valence-electron chi connectivity index (χ3n) is 7.42. The van der Waals surface area contributed by atoms with Crippen molar-refractivity contribution < 1.29 is 19.6 Å². The number of anilines is 1. The highest BCUT2D eigenvalue weighted by molar-refractivity contribution is 7.20. The van der Waals surface area contributed by atoms with E-state index in [9.17, 15) is 20.0 Å². The van der Waals surface area contributed by atoms with Gasteiger partial charge < -0.3 is 19.3 Å². The number of imidazole rings is 1. The number of nitro groups is 1. The molecule has 0 bridgehead atoms. The van der Waals surface area contributed by atoms with Crippen molar-refractivity contribution in [2.45, 2.75) is 57.5 Å². The van der Waals surface area contributed by atoms with E-state index in [1.807, 2.05) is 36.4 Å². The molecule has 5 rings (SSSR count). The number of ether oxygens (including phenoxy) is 1. The van der Waals surface area contributed by atoms with Crippen molar-refractivity contribution in [1.82, 2.24) is 9.55 Å². The van der Waals surface area contributed by atoms with Gasteiger partial charge in [0.05, 0.1) is 29.4 Å². The Hall–Kier alpha value is -2.98. The number of aliphatic hydroxyl groups excluding tert-OH is 1. The molecule has 1 saturated heterocycles. The minimum atomic E-state index is -0.725. The molecule has 2 fully saturated rings. The van der Waals surface area contributed by atoms with Crippen LogP contribution in [-0.2, 0) is 4.74 Å². The van der Waals surface area contributed by atoms with Crippen LogP contribution in [0.3, 0.4) is 0 Å². The van der Waals surface area contributed by atoms with E-state index < -0.39 is 10.9 Å². The summed E-state index contributed by atoms with van der Waals surface area (Å²) in [6.07, 6.45) is 8.61. The summed E-state index contributed by atoms with van der Waals surface area (Å²) in [6.45, 7) is 2.57. The van der Waals surface area contributed by atoms with Gasteiger partial charge in [0.1, 0.15) is 9.88 Å². The molecule has 0 radical (unpaired) electrons. The molecule has 9 nitrogen and oxygen atoms in total. The predicted octanol–water partition coefficient (Wildman–Crippen LogP) is 5.17. The lowest BCUT2D eigenvalue weighted by Crippen LogP contribution is -2.27. The van der Waals surface area contributed by atoms with Crippen molar-refractivity contribution in [2.24, 2.45) is 5.92 Å². The Morgan fingerprint density at radius 1 is 1.31 bits per heavy atom. The quantitative estimate of drug-likeness (QED) is 0.283. The van der Waals surface area contributed by atoms with Gasteiger partial charge in [-0.1, -0.05) is 25.3 Å². The zero-order valence-corrected chi connectivity index (χ0v) is 20.8. The van der Waals surface area contributed by atoms with E-state index in [-0.39, 0.29) is 29.8 Å². The lowest BCUT2D eigenvalue weighted by atomic mass is 9.95. The van der Waals surface area contributed by atoms with Gasteiger partial charge in [0.2, 0.25) is 0 Å². The van der Waals surface area contributed by atoms with Crippen LogP contribution in [0.5, 0.6) is 0 Å². The Bertz CT molecular complexity index is 1260. The Labute approximate surface area is 207 Å². The molecule has 35 heavy (non-hydrogen) atoms. The monoisotopic (exact) mass is 498 g/mol. The second-order valence-corrected chi connectivity index (χ2v) is 10.6. The van der Waals surface area contributed by atoms with Crippen LogP contribution in [0.2, 0.25) is 0 Å². The summed E-state index contributed by atoms with van der Waals surface area (Å²) in [5.74, 6) is -0.670. The van der Waals surface area contributed by atoms with E-state index in [0.29, 0.717) is 28.0 Å². The normalized spacial score (nSPS) is 21.1. The summed E-state index contributed by atoms with van der Waals surface area (Å²) in [4.78, 5) is 31.6. The minimum absolute atomic E-state index is 0.0178. The Kier molecular flexibility index (Phi) is 6.50. The van der Waals surface area contributed by atoms with Crippen molar-refractivity contribution in [1.29, 1.82) is 0 Å². The molecule has 1 aliphatic carbocycles. The molecule has 1 saturated carbocycles. The summed E-state index contributed by atoms with van der Waals surface area (Å²) in [7, 11) is 1.24. The van der Waals surface area contributed by atoms with E-state index in [0.717, 1.165) is 30.3 Å². The van der Waals surface area contributed by atoms with E-state index in [1.54, 1.807) is 0 Å². The number of aliphatic hydroxyl groups is 1. The van der Waals surface area contributed by atoms with Gasteiger partial charge in [0, 0.05) is 36.7 Å². The zero-order valence-electron chi connectivity index (χ0n) is 20.0. The highest BCUT2D eigenvalue weighted by atomic mass is 32.1. The second-order valence-electron chi connectivity index (χ2n) is 9.64. The second kappa shape index (κ2) is 9.58. The molecule has 0 spiro atoms. The number of hydrogen-bond donors (Lipinski definition) is 1. The van der Waals surface area contributed by atoms with Crippen molar-refractivity contribution in [3.63, 3.8) is 0 Å². The van der Waals surface area contributed by atoms with Crippen molar-refractivity contribution >= 4 is 39.0 Å². The van der Waals surface area contributed by atoms with E-state index in [2.05, 4.69) is 9.55 Å². The molecular weight excluding hydrogens is 468 g/mol. The summed E-state index contributed by atoms with van der Waals surface area (Å²) in [5, 5.41) is 22.5. The fraction of sp³-hybridized carbons (Fsp3) is 0.520. The van der Waals surface area contributed by atoms with Crippen LogP contribution >= 0.6 is 11.3 Å². The highest BCUT2D eigenvalue weighted by Crippen LogP contribution is 2.49. The van der Waals surface area contributed by atoms with E-state index in [4.69, 9.17) is 4.74 Å². The number of carbonyl (C=O) groups is 1. The number of rotatable bonds is 6. The maximum atomic E-state index is 12.8. The smallest absolute Gasteiger partial charge is 0.347 e. The van der Waals surface area contributed by atoms with E-state index in [1.165, 1.54) is 37.7 Å². The van der Waals surface area contributed by atoms with Gasteiger partial charge in [-0.15, -0.1) is 11.3 Å². The first kappa shape index (κ1) is 23.7. The molecule has 186 valence electrons. The fourth-order valence-electron chi connectivity index (χ4n) is 5.65. The third-order valence-corrected chi connectivity index (χ3v) is 8.69. The Balaban J connectivity index is 1.61. The Morgan fingerprint density at radius 3 is 2.74 bits per heavy atom. The third kappa shape index (κ3) is 4.18. The SMILES string of the molecule is COC(=O)c1c(N2C[C@H](CO)C[C@H]2C)sc(-c2ccc3c(c2)ncn3C2CCCCC2)c1[N+](=O)[O-]. The Morgan fingerprint density at radius 2 is 2.09 bits per heavy atom. The van der Waals surface area contributed by atoms with Crippen LogP contribution in [0.1, 0.15) is 61.8 Å². The molecule has 1 aromatic carbocycles. The van der Waals surface area contributed by atoms with Gasteiger partial charge in [0.25, 0.3) is 0 Å². The van der Waals surface area contributed by atoms with Crippen molar-refractivity contribution in [3.8, 4) is 10.4 Å². The molecule has 1 N–H and O–H groups in total. The largest absolute Gasteiger partial charge is 0.465 e. The van der Waals surface area contributed by atoms with Crippen LogP contribution in [0.4, 0.5) is 10.7 Å². The first-order chi connectivity index (χ1) is 16.9. The molecule has 0 amide bonds. The maximum Gasteiger partial charge on any atom is 0.347 e. The molecular formula is C25H30N4O5S. The first-order valence-corrected chi connectivity index (χ1v) is 13.0. The number of thiophene rings is 1. The molecule has 2 aromatic heterocycles. The number of esters is 1. The van der Waals surface area contributed by atoms with Gasteiger partial charge in [0.15, 0.2) is 5.56 Å². The average molecular weight is 499 g/mol. The van der Waals surface area contributed by atoms with Gasteiger partial charge in [-0.05, 0) is 38.3 Å². The minimum Gasteiger partial charge on any atom is -0.465 e. The van der Waals surface area contributed by atoms with E-state index >= 15 is 0 Å². The molecule has 1 aliphatic heterocycles. The zero-order chi connectivity index (χ0) is 24.7. The molecule has 2 atom stereocenters. The van der Waals surface area contributed by atoms with Crippen LogP contribution in [0.15, 0.2) is 24.5 Å². The number of aromatic nitrogens is 2. The summed E-state index contributed by atoms with van der Waals surface area (Å²) >= 11 is 1.24. The van der Waals surface area contributed by atoms with Gasteiger partial charge in [-0.25, -0.2) is 9.78 Å². The predicted molar refractivity (Wildman–Crippen MR) is 135 cm³/mol. The van der Waals surface area contributed by atoms with Crippen LogP contribution in [-0.4, -0.2) is 51.9 Å². The van der Waals surface area contributed by atoms with Crippen LogP contribution < -0.4 is 4.90 Å². The number of benzene rings is 1. The molecule has 3 aromatic rings. The lowest BCUT2D eigenvalue weighted by molar-refractivity contribution is -0.384. The van der Waals surface area contributed by atoms with Crippen LogP contribution in [0, 0.1) is 16.0 Å². The average Bonchev–Trinajstić information content (AvgIpc) is 3.58. The van der Waals surface area contributed by atoms with Gasteiger partial charge in [-0.3, -0.25) is 10.1 Å². The number of nitrogens with zero attached hydrogens (tertiary/aromatic N) is 4. The topological polar surface area (TPSA) is 111 Å². The number of carbonyl (C=O) groups excluding carboxylic acids is 1. The van der Waals surface area contributed by atoms with Crippen molar-refractivity contribution in [3.05, 3.63) is 40.2 Å². The fourth-order valence-corrected chi connectivity index (χ4v) is 7.02. The standard InChI is InChI=1S/C25H30N4O5S/c1-15-10-16(13-30)12-27(15)24-21(25(31)34-2)22(29(32)33)23(35-24)17-8-9-20-19(11-17)26-14-28(20)18-6-4-3-5-7-18/h8-9,11,14-16,18,30H,3-7,10,12-13H2,1-2H3/t15-,16-/m1/s1. The molecule has 2 aliphatic rings. The lowest BCUT2D eigenvalue weighted by Gasteiger charge is -2.23. The first-order valence-electron chi connectivity index (χ1n) is 12.2. The summed E-state index contributed by atoms with van der Waals surface area (Å²) in [5.41, 5.74) is 2.21. The van der Waals surface area contributed by atoms with Gasteiger partial charge >= 0.3 is 11.7 Å². The van der Waals surface area contributed by atoms with Gasteiger partial charge in [-0.2, -0.15) is 0 Å². The summed E-state index contributed by atoms with van der Waals surface area (Å²) in [6, 6.07) is 6.21. The number of hydrogen-bond acceptors (Lipinski definition) is 8. The van der Waals surface area contributed by atoms with Crippen molar-refractivity contribution in [2.75, 3.05) is 25.2 Å². The maximum absolute atomic E-state index is 12.8. The summed E-state index contributed by atoms with van der Waals surface area (Å²) < 4.78 is 7.21. The van der Waals surface area contributed by atoms with Crippen LogP contribution in [0.25, 0.3) is 21.5 Å².